The fourth-order valence-corrected chi connectivity index (χ4v) is 1.72. The molecule has 1 saturated heterocycles. The van der Waals surface area contributed by atoms with Gasteiger partial charge in [0.2, 0.25) is 0 Å². The van der Waals surface area contributed by atoms with Crippen molar-refractivity contribution in [3.8, 4) is 0 Å². The summed E-state index contributed by atoms with van der Waals surface area (Å²) in [6, 6.07) is 0. The highest BCUT2D eigenvalue weighted by atomic mass is 16.5. The van der Waals surface area contributed by atoms with E-state index < -0.39 is 0 Å². The van der Waals surface area contributed by atoms with E-state index in [0.29, 0.717) is 13.0 Å². The highest BCUT2D eigenvalue weighted by Gasteiger charge is 2.35. The number of hydrogen-bond donors (Lipinski definition) is 0. The largest absolute Gasteiger partial charge is 0.465 e. The van der Waals surface area contributed by atoms with E-state index in [0.717, 1.165) is 11.9 Å². The molecule has 0 radical (unpaired) electrons. The fraction of sp³-hybridized carbons (Fsp3) is 0.400. The van der Waals surface area contributed by atoms with Crippen molar-refractivity contribution in [1.29, 1.82) is 0 Å². The highest BCUT2D eigenvalue weighted by molar-refractivity contribution is 5.78. The van der Waals surface area contributed by atoms with Crippen LogP contribution in [0.25, 0.3) is 0 Å². The zero-order valence-corrected chi connectivity index (χ0v) is 7.10. The van der Waals surface area contributed by atoms with Gasteiger partial charge in [-0.1, -0.05) is 18.2 Å². The van der Waals surface area contributed by atoms with E-state index in [1.165, 1.54) is 0 Å². The first-order valence-electron chi connectivity index (χ1n) is 4.30. The van der Waals surface area contributed by atoms with Crippen molar-refractivity contribution >= 4 is 12.3 Å². The van der Waals surface area contributed by atoms with Gasteiger partial charge in [-0.15, -0.1) is 0 Å². The molecule has 2 unspecified atom stereocenters. The molecular formula is C10H10O3. The van der Waals surface area contributed by atoms with Crippen LogP contribution in [0.1, 0.15) is 6.42 Å². The van der Waals surface area contributed by atoms with Crippen LogP contribution in [0, 0.1) is 11.8 Å². The minimum absolute atomic E-state index is 0.115. The number of esters is 1. The molecule has 0 aromatic carbocycles. The lowest BCUT2D eigenvalue weighted by atomic mass is 9.87. The molecule has 68 valence electrons. The summed E-state index contributed by atoms with van der Waals surface area (Å²) in [6.07, 6.45) is 6.92. The van der Waals surface area contributed by atoms with Crippen molar-refractivity contribution in [2.75, 3.05) is 6.61 Å². The van der Waals surface area contributed by atoms with Crippen molar-refractivity contribution < 1.29 is 14.3 Å². The molecule has 0 N–H and O–H groups in total. The average molecular weight is 178 g/mol. The summed E-state index contributed by atoms with van der Waals surface area (Å²) in [5.74, 6) is -0.120. The smallest absolute Gasteiger partial charge is 0.313 e. The lowest BCUT2D eigenvalue weighted by Crippen LogP contribution is -2.14. The number of fused-ring (bicyclic) bond motifs is 1. The van der Waals surface area contributed by atoms with Gasteiger partial charge in [-0.25, -0.2) is 0 Å². The Hall–Kier alpha value is -1.38. The molecule has 2 atom stereocenters. The second-order valence-electron chi connectivity index (χ2n) is 3.29. The second-order valence-corrected chi connectivity index (χ2v) is 3.29. The summed E-state index contributed by atoms with van der Waals surface area (Å²) in [6.45, 7) is 0.455. The Balaban J connectivity index is 2.15. The summed E-state index contributed by atoms with van der Waals surface area (Å²) in [4.78, 5) is 21.4. The van der Waals surface area contributed by atoms with E-state index in [4.69, 9.17) is 4.74 Å². The Morgan fingerprint density at radius 2 is 2.46 bits per heavy atom. The minimum atomic E-state index is -0.150. The molecule has 0 amide bonds. The van der Waals surface area contributed by atoms with Crippen LogP contribution in [0.4, 0.5) is 0 Å². The van der Waals surface area contributed by atoms with Crippen LogP contribution in [0.15, 0.2) is 23.8 Å². The predicted molar refractivity (Wildman–Crippen MR) is 45.8 cm³/mol. The van der Waals surface area contributed by atoms with Gasteiger partial charge >= 0.3 is 5.97 Å². The molecule has 0 spiro atoms. The zero-order valence-electron chi connectivity index (χ0n) is 7.10. The molecule has 0 bridgehead atoms. The maximum atomic E-state index is 11.1. The molecule has 2 aliphatic rings. The third kappa shape index (κ3) is 1.41. The summed E-state index contributed by atoms with van der Waals surface area (Å²) >= 11 is 0. The number of carbonyl (C=O) groups excluding carboxylic acids is 2. The zero-order chi connectivity index (χ0) is 9.26. The maximum Gasteiger partial charge on any atom is 0.313 e. The number of aldehydes is 1. The number of cyclic esters (lactones) is 1. The quantitative estimate of drug-likeness (QED) is 0.465. The standard InChI is InChI=1S/C10H10O3/c11-4-3-7-1-2-9-8(5-7)6-13-10(9)12/h1-2,4-5,8-9H,3,6H2. The molecule has 1 aliphatic carbocycles. The number of ether oxygens (including phenoxy) is 1. The van der Waals surface area contributed by atoms with E-state index in [2.05, 4.69) is 0 Å². The predicted octanol–water partition coefficient (Wildman–Crippen LogP) is 0.861. The van der Waals surface area contributed by atoms with Crippen molar-refractivity contribution in [2.24, 2.45) is 11.8 Å². The van der Waals surface area contributed by atoms with Gasteiger partial charge in [0.1, 0.15) is 6.29 Å². The normalized spacial score (nSPS) is 30.8. The number of hydrogen-bond acceptors (Lipinski definition) is 3. The van der Waals surface area contributed by atoms with Crippen LogP contribution < -0.4 is 0 Å². The van der Waals surface area contributed by atoms with Gasteiger partial charge in [0.25, 0.3) is 0 Å². The van der Waals surface area contributed by atoms with Crippen LogP contribution >= 0.6 is 0 Å². The Labute approximate surface area is 76.1 Å². The lowest BCUT2D eigenvalue weighted by molar-refractivity contribution is -0.140. The Morgan fingerprint density at radius 1 is 1.62 bits per heavy atom. The molecule has 1 aliphatic heterocycles. The Kier molecular flexibility index (Phi) is 2.00. The number of carbonyl (C=O) groups is 2. The molecular weight excluding hydrogens is 168 g/mol. The molecule has 3 heteroatoms. The molecule has 3 nitrogen and oxygen atoms in total. The monoisotopic (exact) mass is 178 g/mol. The molecule has 1 fully saturated rings. The minimum Gasteiger partial charge on any atom is -0.465 e. The maximum absolute atomic E-state index is 11.1. The lowest BCUT2D eigenvalue weighted by Gasteiger charge is -2.13. The second kappa shape index (κ2) is 3.17. The van der Waals surface area contributed by atoms with Gasteiger partial charge in [0.05, 0.1) is 12.5 Å². The van der Waals surface area contributed by atoms with E-state index in [1.54, 1.807) is 0 Å². The molecule has 0 aromatic heterocycles. The third-order valence-corrected chi connectivity index (χ3v) is 2.42. The van der Waals surface area contributed by atoms with Gasteiger partial charge in [-0.3, -0.25) is 4.79 Å². The Bertz CT molecular complexity index is 301. The van der Waals surface area contributed by atoms with Crippen molar-refractivity contribution in [3.63, 3.8) is 0 Å². The van der Waals surface area contributed by atoms with Crippen LogP contribution in [0.2, 0.25) is 0 Å². The first kappa shape index (κ1) is 8.23. The van der Waals surface area contributed by atoms with Crippen molar-refractivity contribution in [3.05, 3.63) is 23.8 Å². The van der Waals surface area contributed by atoms with E-state index >= 15 is 0 Å². The molecule has 0 saturated carbocycles. The number of allylic oxidation sites excluding steroid dienone is 2. The SMILES string of the molecule is O=CCC1=CC2COC(=O)C2C=C1. The molecule has 1 heterocycles. The van der Waals surface area contributed by atoms with Crippen LogP contribution in [-0.4, -0.2) is 18.9 Å². The van der Waals surface area contributed by atoms with E-state index in [1.807, 2.05) is 18.2 Å². The van der Waals surface area contributed by atoms with Gasteiger partial charge in [-0.2, -0.15) is 0 Å². The fourth-order valence-electron chi connectivity index (χ4n) is 1.72. The molecule has 2 rings (SSSR count). The van der Waals surface area contributed by atoms with Crippen molar-refractivity contribution in [1.82, 2.24) is 0 Å². The molecule has 0 aromatic rings. The summed E-state index contributed by atoms with van der Waals surface area (Å²) in [5, 5.41) is 0. The summed E-state index contributed by atoms with van der Waals surface area (Å²) < 4.78 is 4.90. The van der Waals surface area contributed by atoms with E-state index in [-0.39, 0.29) is 17.8 Å². The van der Waals surface area contributed by atoms with Crippen LogP contribution in [0.3, 0.4) is 0 Å². The topological polar surface area (TPSA) is 43.4 Å². The highest BCUT2D eigenvalue weighted by Crippen LogP contribution is 2.30. The number of rotatable bonds is 2. The Morgan fingerprint density at radius 3 is 3.23 bits per heavy atom. The van der Waals surface area contributed by atoms with Gasteiger partial charge in [0.15, 0.2) is 0 Å². The average Bonchev–Trinajstić information content (AvgIpc) is 2.48. The van der Waals surface area contributed by atoms with E-state index in [9.17, 15) is 9.59 Å². The van der Waals surface area contributed by atoms with Gasteiger partial charge in [-0.05, 0) is 5.57 Å². The summed E-state index contributed by atoms with van der Waals surface area (Å²) in [5.41, 5.74) is 0.981. The third-order valence-electron chi connectivity index (χ3n) is 2.42. The van der Waals surface area contributed by atoms with Gasteiger partial charge < -0.3 is 9.53 Å². The first-order chi connectivity index (χ1) is 6.31. The van der Waals surface area contributed by atoms with Crippen LogP contribution in [0.5, 0.6) is 0 Å². The van der Waals surface area contributed by atoms with Gasteiger partial charge in [0, 0.05) is 12.3 Å². The van der Waals surface area contributed by atoms with Crippen molar-refractivity contribution in [2.45, 2.75) is 6.42 Å². The first-order valence-corrected chi connectivity index (χ1v) is 4.30. The van der Waals surface area contributed by atoms with Crippen LogP contribution in [-0.2, 0) is 14.3 Å². The summed E-state index contributed by atoms with van der Waals surface area (Å²) in [7, 11) is 0. The molecule has 13 heavy (non-hydrogen) atoms.